The molecule has 61 heavy (non-hydrogen) atoms. The van der Waals surface area contributed by atoms with Gasteiger partial charge in [-0.25, -0.2) is 0 Å². The lowest BCUT2D eigenvalue weighted by Crippen LogP contribution is -2.08. The van der Waals surface area contributed by atoms with Gasteiger partial charge in [0.1, 0.15) is 12.2 Å². The average Bonchev–Trinajstić information content (AvgIpc) is 3.84. The summed E-state index contributed by atoms with van der Waals surface area (Å²) in [6.07, 6.45) is 0. The SMILES string of the molecule is C=Nc1ccc2ccccc2c1/C(=N\Cn1c2ccccc2c2ccc3c(c4ccc5c(c4n3-c3cccc(-c4ccccc4)c3)Oc3ccccc3O5)c21)c1ccccc1. The largest absolute Gasteiger partial charge is 0.449 e. The fraction of sp³-hybridized carbons (Fsp3) is 0.0182. The van der Waals surface area contributed by atoms with E-state index in [0.717, 1.165) is 93.7 Å². The van der Waals surface area contributed by atoms with E-state index in [-0.39, 0.29) is 0 Å². The first-order valence-electron chi connectivity index (χ1n) is 20.4. The first-order valence-corrected chi connectivity index (χ1v) is 20.4. The maximum Gasteiger partial charge on any atom is 0.194 e. The van der Waals surface area contributed by atoms with Crippen LogP contribution in [0.15, 0.2) is 204 Å². The summed E-state index contributed by atoms with van der Waals surface area (Å²) >= 11 is 0. The fourth-order valence-corrected chi connectivity index (χ4v) is 9.27. The number of nitrogens with zero attached hydrogens (tertiary/aromatic N) is 4. The normalized spacial score (nSPS) is 12.4. The first-order chi connectivity index (χ1) is 30.2. The molecular weight excluding hydrogens is 749 g/mol. The van der Waals surface area contributed by atoms with E-state index in [4.69, 9.17) is 14.5 Å². The second-order valence-electron chi connectivity index (χ2n) is 15.3. The highest BCUT2D eigenvalue weighted by Gasteiger charge is 2.28. The lowest BCUT2D eigenvalue weighted by atomic mass is 9.94. The number of ether oxygens (including phenoxy) is 2. The molecule has 0 aliphatic carbocycles. The molecule has 0 unspecified atom stereocenters. The summed E-state index contributed by atoms with van der Waals surface area (Å²) in [5.41, 5.74) is 11.1. The Morgan fingerprint density at radius 3 is 2.05 bits per heavy atom. The molecule has 0 radical (unpaired) electrons. The number of para-hydroxylation sites is 3. The van der Waals surface area contributed by atoms with E-state index >= 15 is 0 Å². The van der Waals surface area contributed by atoms with Gasteiger partial charge in [-0.3, -0.25) is 9.98 Å². The number of aromatic nitrogens is 2. The summed E-state index contributed by atoms with van der Waals surface area (Å²) in [6.45, 7) is 4.34. The van der Waals surface area contributed by atoms with Crippen LogP contribution in [0.1, 0.15) is 11.1 Å². The van der Waals surface area contributed by atoms with E-state index in [1.54, 1.807) is 0 Å². The van der Waals surface area contributed by atoms with Gasteiger partial charge in [-0.15, -0.1) is 0 Å². The van der Waals surface area contributed by atoms with Gasteiger partial charge in [-0.2, -0.15) is 0 Å². The number of benzene rings is 9. The second kappa shape index (κ2) is 14.0. The number of fused-ring (bicyclic) bond motifs is 11. The number of rotatable bonds is 7. The molecule has 0 N–H and O–H groups in total. The molecule has 288 valence electrons. The maximum atomic E-state index is 6.84. The zero-order chi connectivity index (χ0) is 40.4. The summed E-state index contributed by atoms with van der Waals surface area (Å²) < 4.78 is 18.1. The van der Waals surface area contributed by atoms with Crippen molar-refractivity contribution < 1.29 is 9.47 Å². The second-order valence-corrected chi connectivity index (χ2v) is 15.3. The zero-order valence-electron chi connectivity index (χ0n) is 33.0. The first kappa shape index (κ1) is 34.8. The van der Waals surface area contributed by atoms with E-state index in [0.29, 0.717) is 29.7 Å². The Labute approximate surface area is 351 Å². The number of hydrogen-bond donors (Lipinski definition) is 0. The molecule has 0 saturated heterocycles. The third-order valence-electron chi connectivity index (χ3n) is 12.0. The molecule has 6 nitrogen and oxygen atoms in total. The van der Waals surface area contributed by atoms with Crippen LogP contribution in [0.5, 0.6) is 23.0 Å². The van der Waals surface area contributed by atoms with E-state index in [9.17, 15) is 0 Å². The molecule has 9 aromatic carbocycles. The van der Waals surface area contributed by atoms with Gasteiger partial charge in [0.2, 0.25) is 0 Å². The van der Waals surface area contributed by atoms with E-state index < -0.39 is 0 Å². The van der Waals surface area contributed by atoms with Gasteiger partial charge >= 0.3 is 0 Å². The predicted octanol–water partition coefficient (Wildman–Crippen LogP) is 14.4. The molecule has 0 amide bonds. The smallest absolute Gasteiger partial charge is 0.194 e. The fourth-order valence-electron chi connectivity index (χ4n) is 9.27. The lowest BCUT2D eigenvalue weighted by Gasteiger charge is -2.22. The maximum absolute atomic E-state index is 6.84. The predicted molar refractivity (Wildman–Crippen MR) is 251 cm³/mol. The van der Waals surface area contributed by atoms with Crippen LogP contribution >= 0.6 is 0 Å². The Morgan fingerprint density at radius 2 is 1.21 bits per heavy atom. The van der Waals surface area contributed by atoms with Gasteiger partial charge in [0, 0.05) is 38.4 Å². The molecule has 0 spiro atoms. The van der Waals surface area contributed by atoms with Crippen molar-refractivity contribution in [3.8, 4) is 39.8 Å². The van der Waals surface area contributed by atoms with Crippen LogP contribution in [0.25, 0.3) is 71.2 Å². The Balaban J connectivity index is 1.17. The summed E-state index contributed by atoms with van der Waals surface area (Å²) in [7, 11) is 0. The quantitative estimate of drug-likeness (QED) is 0.151. The molecule has 0 saturated carbocycles. The molecule has 0 fully saturated rings. The molecule has 0 atom stereocenters. The van der Waals surface area contributed by atoms with Gasteiger partial charge in [0.05, 0.1) is 27.9 Å². The minimum absolute atomic E-state index is 0.348. The van der Waals surface area contributed by atoms with Crippen molar-refractivity contribution in [1.29, 1.82) is 0 Å². The average molecular weight is 785 g/mol. The van der Waals surface area contributed by atoms with E-state index in [1.807, 2.05) is 42.5 Å². The summed E-state index contributed by atoms with van der Waals surface area (Å²) in [5, 5.41) is 6.66. The summed E-state index contributed by atoms with van der Waals surface area (Å²) in [5.74, 6) is 2.73. The van der Waals surface area contributed by atoms with Crippen molar-refractivity contribution in [3.63, 3.8) is 0 Å². The molecule has 12 rings (SSSR count). The standard InChI is InChI=1S/C55H36N4O2/c1-56-44-30-27-36-17-8-9-22-40(36)50(44)52(37-18-6-3-7-19-37)57-34-58-45-24-11-10-23-41(45)42-28-31-46-51(53(42)58)43-29-32-49-55(61-48-26-13-12-25-47(48)60-49)54(43)59(46)39-21-14-20-38(33-39)35-15-4-2-5-16-35/h2-33H,1,34H2/b57-52-. The van der Waals surface area contributed by atoms with E-state index in [2.05, 4.69) is 173 Å². The highest BCUT2D eigenvalue weighted by molar-refractivity contribution is 6.27. The Kier molecular flexibility index (Phi) is 7.96. The van der Waals surface area contributed by atoms with Crippen LogP contribution < -0.4 is 9.47 Å². The molecular formula is C55H36N4O2. The number of hydrogen-bond acceptors (Lipinski definition) is 4. The van der Waals surface area contributed by atoms with Gasteiger partial charge in [0.25, 0.3) is 0 Å². The number of aliphatic imine (C=N–C) groups is 2. The van der Waals surface area contributed by atoms with Crippen molar-refractivity contribution >= 4 is 72.5 Å². The van der Waals surface area contributed by atoms with Crippen molar-refractivity contribution in [2.24, 2.45) is 9.98 Å². The van der Waals surface area contributed by atoms with Crippen LogP contribution in [-0.4, -0.2) is 21.6 Å². The highest BCUT2D eigenvalue weighted by Crippen LogP contribution is 2.52. The Morgan fingerprint density at radius 1 is 0.508 bits per heavy atom. The molecule has 6 heteroatoms. The lowest BCUT2D eigenvalue weighted by molar-refractivity contribution is 0.362. The van der Waals surface area contributed by atoms with Gasteiger partial charge in [-0.05, 0) is 83.2 Å². The topological polar surface area (TPSA) is 53.0 Å². The molecule has 2 aromatic heterocycles. The van der Waals surface area contributed by atoms with Gasteiger partial charge in [-0.1, -0.05) is 140 Å². The van der Waals surface area contributed by atoms with Crippen LogP contribution in [0, 0.1) is 0 Å². The monoisotopic (exact) mass is 784 g/mol. The third kappa shape index (κ3) is 5.50. The van der Waals surface area contributed by atoms with Crippen LogP contribution in [0.3, 0.4) is 0 Å². The molecule has 3 heterocycles. The minimum atomic E-state index is 0.348. The zero-order valence-corrected chi connectivity index (χ0v) is 33.0. The van der Waals surface area contributed by atoms with Crippen molar-refractivity contribution in [2.45, 2.75) is 6.67 Å². The van der Waals surface area contributed by atoms with Crippen molar-refractivity contribution in [3.05, 3.63) is 205 Å². The minimum Gasteiger partial charge on any atom is -0.449 e. The van der Waals surface area contributed by atoms with Crippen molar-refractivity contribution in [1.82, 2.24) is 9.13 Å². The Bertz CT molecular complexity index is 3580. The van der Waals surface area contributed by atoms with Gasteiger partial charge < -0.3 is 18.6 Å². The molecule has 1 aliphatic rings. The summed E-state index contributed by atoms with van der Waals surface area (Å²) in [4.78, 5) is 10.1. The molecule has 11 aromatic rings. The van der Waals surface area contributed by atoms with Crippen LogP contribution in [0.2, 0.25) is 0 Å². The third-order valence-corrected chi connectivity index (χ3v) is 12.0. The summed E-state index contributed by atoms with van der Waals surface area (Å²) in [6, 6.07) is 67.5. The van der Waals surface area contributed by atoms with Gasteiger partial charge in [0.15, 0.2) is 23.0 Å². The van der Waals surface area contributed by atoms with Crippen LogP contribution in [0.4, 0.5) is 5.69 Å². The van der Waals surface area contributed by atoms with Crippen LogP contribution in [-0.2, 0) is 6.67 Å². The Hall–Kier alpha value is -8.22. The molecule has 1 aliphatic heterocycles. The van der Waals surface area contributed by atoms with E-state index in [1.165, 1.54) is 0 Å². The highest BCUT2D eigenvalue weighted by atomic mass is 16.6. The van der Waals surface area contributed by atoms with Crippen molar-refractivity contribution in [2.75, 3.05) is 0 Å². The molecule has 0 bridgehead atoms.